The standard InChI is InChI=1S/C20H18N6O/c1-26(2)16-9-7-15(8-10-16)22-19-12-11-18(24-25-19)20(27)23-17-6-4-3-5-14(17)13-21/h3-12H,1-2H3,(H,22,25)(H,23,27). The van der Waals surface area contributed by atoms with E-state index in [4.69, 9.17) is 5.26 Å². The van der Waals surface area contributed by atoms with E-state index in [0.717, 1.165) is 11.4 Å². The lowest BCUT2D eigenvalue weighted by atomic mass is 10.2. The molecule has 1 heterocycles. The van der Waals surface area contributed by atoms with Crippen LogP contribution in [0.25, 0.3) is 0 Å². The van der Waals surface area contributed by atoms with Crippen LogP contribution in [0, 0.1) is 11.3 Å². The van der Waals surface area contributed by atoms with Gasteiger partial charge in [-0.05, 0) is 48.5 Å². The SMILES string of the molecule is CN(C)c1ccc(Nc2ccc(C(=O)Nc3ccccc3C#N)nn2)cc1. The lowest BCUT2D eigenvalue weighted by Crippen LogP contribution is -2.15. The van der Waals surface area contributed by atoms with Crippen LogP contribution in [0.4, 0.5) is 22.9 Å². The summed E-state index contributed by atoms with van der Waals surface area (Å²) in [4.78, 5) is 14.3. The highest BCUT2D eigenvalue weighted by Gasteiger charge is 2.11. The normalized spacial score (nSPS) is 9.96. The van der Waals surface area contributed by atoms with Gasteiger partial charge in [0, 0.05) is 25.5 Å². The molecule has 3 rings (SSSR count). The molecule has 0 unspecified atom stereocenters. The Morgan fingerprint density at radius 3 is 2.37 bits per heavy atom. The zero-order valence-corrected chi connectivity index (χ0v) is 15.0. The third-order valence-electron chi connectivity index (χ3n) is 3.85. The van der Waals surface area contributed by atoms with Gasteiger partial charge in [-0.1, -0.05) is 12.1 Å². The molecule has 27 heavy (non-hydrogen) atoms. The number of nitrogens with one attached hydrogen (secondary N) is 2. The maximum atomic E-state index is 12.3. The number of carbonyl (C=O) groups excluding carboxylic acids is 1. The molecule has 1 aromatic heterocycles. The molecule has 0 aliphatic rings. The summed E-state index contributed by atoms with van der Waals surface area (Å²) in [5.74, 6) is 0.105. The molecular formula is C20H18N6O. The van der Waals surface area contributed by atoms with Crippen molar-refractivity contribution in [3.63, 3.8) is 0 Å². The first-order valence-corrected chi connectivity index (χ1v) is 8.25. The number of para-hydroxylation sites is 1. The number of amides is 1. The monoisotopic (exact) mass is 358 g/mol. The molecule has 7 heteroatoms. The van der Waals surface area contributed by atoms with Gasteiger partial charge >= 0.3 is 0 Å². The van der Waals surface area contributed by atoms with E-state index in [9.17, 15) is 4.79 Å². The van der Waals surface area contributed by atoms with Crippen molar-refractivity contribution in [3.8, 4) is 6.07 Å². The first-order chi connectivity index (χ1) is 13.1. The van der Waals surface area contributed by atoms with E-state index in [1.165, 1.54) is 0 Å². The van der Waals surface area contributed by atoms with Crippen LogP contribution in [0.1, 0.15) is 16.1 Å². The number of hydrogen-bond acceptors (Lipinski definition) is 6. The van der Waals surface area contributed by atoms with Crippen LogP contribution in [0.5, 0.6) is 0 Å². The fourth-order valence-corrected chi connectivity index (χ4v) is 2.39. The van der Waals surface area contributed by atoms with Crippen LogP contribution >= 0.6 is 0 Å². The van der Waals surface area contributed by atoms with Crippen molar-refractivity contribution < 1.29 is 4.79 Å². The van der Waals surface area contributed by atoms with Crippen LogP contribution in [0.15, 0.2) is 60.7 Å². The largest absolute Gasteiger partial charge is 0.378 e. The number of hydrogen-bond donors (Lipinski definition) is 2. The number of anilines is 4. The van der Waals surface area contributed by atoms with Gasteiger partial charge in [0.05, 0.1) is 11.3 Å². The fourth-order valence-electron chi connectivity index (χ4n) is 2.39. The Morgan fingerprint density at radius 1 is 1.00 bits per heavy atom. The van der Waals surface area contributed by atoms with Crippen molar-refractivity contribution in [2.24, 2.45) is 0 Å². The molecular weight excluding hydrogens is 340 g/mol. The maximum absolute atomic E-state index is 12.3. The average molecular weight is 358 g/mol. The van der Waals surface area contributed by atoms with Crippen LogP contribution in [-0.2, 0) is 0 Å². The second-order valence-corrected chi connectivity index (χ2v) is 5.98. The molecule has 134 valence electrons. The molecule has 0 spiro atoms. The van der Waals surface area contributed by atoms with Gasteiger partial charge in [-0.3, -0.25) is 4.79 Å². The van der Waals surface area contributed by atoms with Crippen LogP contribution in [0.2, 0.25) is 0 Å². The minimum Gasteiger partial charge on any atom is -0.378 e. The third kappa shape index (κ3) is 4.38. The van der Waals surface area contributed by atoms with Crippen LogP contribution < -0.4 is 15.5 Å². The Morgan fingerprint density at radius 2 is 1.74 bits per heavy atom. The smallest absolute Gasteiger partial charge is 0.276 e. The highest BCUT2D eigenvalue weighted by molar-refractivity contribution is 6.03. The van der Waals surface area contributed by atoms with Crippen molar-refractivity contribution in [1.29, 1.82) is 5.26 Å². The van der Waals surface area contributed by atoms with Crippen molar-refractivity contribution in [2.75, 3.05) is 29.6 Å². The van der Waals surface area contributed by atoms with E-state index in [-0.39, 0.29) is 5.69 Å². The van der Waals surface area contributed by atoms with Crippen molar-refractivity contribution in [2.45, 2.75) is 0 Å². The molecule has 0 aliphatic heterocycles. The number of aromatic nitrogens is 2. The summed E-state index contributed by atoms with van der Waals surface area (Å²) in [5, 5.41) is 22.9. The molecule has 0 saturated heterocycles. The van der Waals surface area contributed by atoms with Gasteiger partial charge in [0.1, 0.15) is 6.07 Å². The maximum Gasteiger partial charge on any atom is 0.276 e. The Labute approximate surface area is 157 Å². The lowest BCUT2D eigenvalue weighted by Gasteiger charge is -2.13. The molecule has 3 aromatic rings. The first kappa shape index (κ1) is 17.9. The molecule has 0 fully saturated rings. The van der Waals surface area contributed by atoms with Crippen molar-refractivity contribution in [3.05, 3.63) is 71.9 Å². The average Bonchev–Trinajstić information content (AvgIpc) is 2.69. The molecule has 7 nitrogen and oxygen atoms in total. The van der Waals surface area contributed by atoms with E-state index >= 15 is 0 Å². The quantitative estimate of drug-likeness (QED) is 0.726. The van der Waals surface area contributed by atoms with E-state index in [2.05, 4.69) is 20.8 Å². The summed E-state index contributed by atoms with van der Waals surface area (Å²) in [6.45, 7) is 0. The minimum atomic E-state index is -0.424. The number of nitrogens with zero attached hydrogens (tertiary/aromatic N) is 4. The van der Waals surface area contributed by atoms with Gasteiger partial charge < -0.3 is 15.5 Å². The molecule has 0 aliphatic carbocycles. The first-order valence-electron chi connectivity index (χ1n) is 8.25. The number of benzene rings is 2. The van der Waals surface area contributed by atoms with Gasteiger partial charge in [0.25, 0.3) is 5.91 Å². The summed E-state index contributed by atoms with van der Waals surface area (Å²) < 4.78 is 0. The van der Waals surface area contributed by atoms with E-state index in [0.29, 0.717) is 17.1 Å². The summed E-state index contributed by atoms with van der Waals surface area (Å²) >= 11 is 0. The summed E-state index contributed by atoms with van der Waals surface area (Å²) in [6, 6.07) is 19.9. The highest BCUT2D eigenvalue weighted by atomic mass is 16.1. The molecule has 2 N–H and O–H groups in total. The van der Waals surface area contributed by atoms with Gasteiger partial charge in [-0.2, -0.15) is 5.26 Å². The summed E-state index contributed by atoms with van der Waals surface area (Å²) in [7, 11) is 3.96. The Kier molecular flexibility index (Phi) is 5.28. The predicted octanol–water partition coefficient (Wildman–Crippen LogP) is 3.41. The zero-order valence-electron chi connectivity index (χ0n) is 15.0. The third-order valence-corrected chi connectivity index (χ3v) is 3.85. The minimum absolute atomic E-state index is 0.163. The Bertz CT molecular complexity index is 975. The summed E-state index contributed by atoms with van der Waals surface area (Å²) in [5.41, 5.74) is 2.95. The number of rotatable bonds is 5. The molecule has 2 aromatic carbocycles. The second kappa shape index (κ2) is 7.97. The zero-order chi connectivity index (χ0) is 19.2. The topological polar surface area (TPSA) is 93.9 Å². The molecule has 0 radical (unpaired) electrons. The summed E-state index contributed by atoms with van der Waals surface area (Å²) in [6.07, 6.45) is 0. The predicted molar refractivity (Wildman–Crippen MR) is 105 cm³/mol. The molecule has 0 atom stereocenters. The molecule has 1 amide bonds. The van der Waals surface area contributed by atoms with E-state index in [1.807, 2.05) is 49.3 Å². The van der Waals surface area contributed by atoms with Crippen molar-refractivity contribution in [1.82, 2.24) is 10.2 Å². The Balaban J connectivity index is 1.67. The second-order valence-electron chi connectivity index (χ2n) is 5.98. The highest BCUT2D eigenvalue weighted by Crippen LogP contribution is 2.19. The van der Waals surface area contributed by atoms with E-state index in [1.54, 1.807) is 36.4 Å². The van der Waals surface area contributed by atoms with Crippen molar-refractivity contribution >= 4 is 28.8 Å². The van der Waals surface area contributed by atoms with Gasteiger partial charge in [0.15, 0.2) is 11.5 Å². The number of nitriles is 1. The van der Waals surface area contributed by atoms with Gasteiger partial charge in [-0.15, -0.1) is 10.2 Å². The molecule has 0 saturated carbocycles. The van der Waals surface area contributed by atoms with Gasteiger partial charge in [0.2, 0.25) is 0 Å². The Hall–Kier alpha value is -3.92. The van der Waals surface area contributed by atoms with E-state index < -0.39 is 5.91 Å². The number of carbonyl (C=O) groups is 1. The van der Waals surface area contributed by atoms with Crippen LogP contribution in [0.3, 0.4) is 0 Å². The lowest BCUT2D eigenvalue weighted by molar-refractivity contribution is 0.102. The van der Waals surface area contributed by atoms with Crippen LogP contribution in [-0.4, -0.2) is 30.2 Å². The van der Waals surface area contributed by atoms with Gasteiger partial charge in [-0.25, -0.2) is 0 Å². The molecule has 0 bridgehead atoms. The fraction of sp³-hybridized carbons (Fsp3) is 0.100.